The van der Waals surface area contributed by atoms with Crippen LogP contribution in [0, 0.1) is 0 Å². The quantitative estimate of drug-likeness (QED) is 0.453. The van der Waals surface area contributed by atoms with E-state index in [2.05, 4.69) is 0 Å². The van der Waals surface area contributed by atoms with Gasteiger partial charge < -0.3 is 24.8 Å². The fraction of sp³-hybridized carbons (Fsp3) is 1.00. The summed E-state index contributed by atoms with van der Waals surface area (Å²) in [5.41, 5.74) is 0. The summed E-state index contributed by atoms with van der Waals surface area (Å²) in [6, 6.07) is 0. The van der Waals surface area contributed by atoms with E-state index in [0.717, 1.165) is 0 Å². The van der Waals surface area contributed by atoms with Crippen LogP contribution in [0.15, 0.2) is 0 Å². The van der Waals surface area contributed by atoms with Gasteiger partial charge in [0.05, 0.1) is 6.10 Å². The van der Waals surface area contributed by atoms with Gasteiger partial charge in [-0.05, 0) is 6.92 Å². The van der Waals surface area contributed by atoms with Gasteiger partial charge in [-0.2, -0.15) is 0 Å². The smallest absolute Gasteiger partial charge is 0.186 e. The Morgan fingerprint density at radius 3 is 2.17 bits per heavy atom. The summed E-state index contributed by atoms with van der Waals surface area (Å²) in [6.07, 6.45) is -4.86. The van der Waals surface area contributed by atoms with Crippen molar-refractivity contribution in [3.63, 3.8) is 0 Å². The van der Waals surface area contributed by atoms with Crippen molar-refractivity contribution in [1.29, 1.82) is 0 Å². The van der Waals surface area contributed by atoms with Crippen molar-refractivity contribution in [3.05, 3.63) is 0 Å². The van der Waals surface area contributed by atoms with Gasteiger partial charge in [0.15, 0.2) is 6.29 Å². The average molecular weight is 178 g/mol. The fourth-order valence-electron chi connectivity index (χ4n) is 1.21. The zero-order valence-electron chi connectivity index (χ0n) is 7.04. The van der Waals surface area contributed by atoms with Gasteiger partial charge in [0.25, 0.3) is 0 Å². The molecule has 0 spiro atoms. The van der Waals surface area contributed by atoms with E-state index in [9.17, 15) is 15.3 Å². The molecule has 1 aliphatic heterocycles. The Hall–Kier alpha value is -0.200. The Balaban J connectivity index is 2.63. The highest BCUT2D eigenvalue weighted by molar-refractivity contribution is 4.86. The number of rotatable bonds is 1. The summed E-state index contributed by atoms with van der Waals surface area (Å²) in [5, 5.41) is 27.8. The summed E-state index contributed by atoms with van der Waals surface area (Å²) in [5.74, 6) is 0. The summed E-state index contributed by atoms with van der Waals surface area (Å²) in [7, 11) is 1.37. The van der Waals surface area contributed by atoms with E-state index in [1.54, 1.807) is 6.92 Å². The lowest BCUT2D eigenvalue weighted by Gasteiger charge is -2.38. The highest BCUT2D eigenvalue weighted by atomic mass is 16.7. The van der Waals surface area contributed by atoms with Gasteiger partial charge in [-0.3, -0.25) is 0 Å². The highest BCUT2D eigenvalue weighted by Gasteiger charge is 2.41. The van der Waals surface area contributed by atoms with E-state index in [1.807, 2.05) is 0 Å². The molecule has 5 nitrogen and oxygen atoms in total. The van der Waals surface area contributed by atoms with Crippen molar-refractivity contribution in [2.45, 2.75) is 37.6 Å². The first kappa shape index (κ1) is 9.88. The average Bonchev–Trinajstić information content (AvgIpc) is 2.08. The van der Waals surface area contributed by atoms with Crippen molar-refractivity contribution < 1.29 is 24.8 Å². The maximum atomic E-state index is 9.27. The van der Waals surface area contributed by atoms with Crippen LogP contribution in [0.4, 0.5) is 0 Å². The van der Waals surface area contributed by atoms with Crippen molar-refractivity contribution in [2.75, 3.05) is 7.11 Å². The number of aliphatic hydroxyl groups is 3. The Bertz CT molecular complexity index is 146. The molecular formula is C7H14O5. The third-order valence-electron chi connectivity index (χ3n) is 2.04. The van der Waals surface area contributed by atoms with E-state index in [1.165, 1.54) is 7.11 Å². The number of aliphatic hydroxyl groups excluding tert-OH is 3. The molecule has 1 heterocycles. The van der Waals surface area contributed by atoms with E-state index in [4.69, 9.17) is 9.47 Å². The van der Waals surface area contributed by atoms with Crippen LogP contribution in [0.3, 0.4) is 0 Å². The van der Waals surface area contributed by atoms with Gasteiger partial charge >= 0.3 is 0 Å². The molecule has 0 aromatic heterocycles. The molecule has 1 saturated heterocycles. The molecule has 72 valence electrons. The molecule has 1 aliphatic rings. The van der Waals surface area contributed by atoms with Crippen molar-refractivity contribution in [2.24, 2.45) is 0 Å². The maximum Gasteiger partial charge on any atom is 0.186 e. The molecule has 0 aromatic rings. The first-order chi connectivity index (χ1) is 5.57. The monoisotopic (exact) mass is 178 g/mol. The fourth-order valence-corrected chi connectivity index (χ4v) is 1.21. The zero-order chi connectivity index (χ0) is 9.30. The lowest BCUT2D eigenvalue weighted by molar-refractivity contribution is -0.286. The Morgan fingerprint density at radius 1 is 1.08 bits per heavy atom. The number of methoxy groups -OCH3 is 1. The SMILES string of the molecule is CO[C@H]1O[C@@H](C)[C@H](O)C(O)[C@H]1O. The topological polar surface area (TPSA) is 79.2 Å². The van der Waals surface area contributed by atoms with Crippen LogP contribution < -0.4 is 0 Å². The van der Waals surface area contributed by atoms with Gasteiger partial charge in [0, 0.05) is 7.11 Å². The highest BCUT2D eigenvalue weighted by Crippen LogP contribution is 2.20. The molecule has 5 atom stereocenters. The molecular weight excluding hydrogens is 164 g/mol. The molecule has 1 fully saturated rings. The molecule has 0 amide bonds. The second-order valence-corrected chi connectivity index (χ2v) is 2.92. The van der Waals surface area contributed by atoms with Crippen LogP contribution in [0.25, 0.3) is 0 Å². The maximum absolute atomic E-state index is 9.27. The Morgan fingerprint density at radius 2 is 1.67 bits per heavy atom. The zero-order valence-corrected chi connectivity index (χ0v) is 7.04. The van der Waals surface area contributed by atoms with E-state index in [-0.39, 0.29) is 0 Å². The molecule has 0 aliphatic carbocycles. The van der Waals surface area contributed by atoms with Gasteiger partial charge in [0.1, 0.15) is 18.3 Å². The molecule has 1 unspecified atom stereocenters. The van der Waals surface area contributed by atoms with E-state index < -0.39 is 30.7 Å². The Labute approximate surface area is 70.5 Å². The van der Waals surface area contributed by atoms with Crippen molar-refractivity contribution in [1.82, 2.24) is 0 Å². The minimum absolute atomic E-state index is 0.534. The summed E-state index contributed by atoms with van der Waals surface area (Å²) < 4.78 is 9.80. The number of hydrogen-bond acceptors (Lipinski definition) is 5. The predicted octanol–water partition coefficient (Wildman–Crippen LogP) is -1.54. The first-order valence-corrected chi connectivity index (χ1v) is 3.80. The normalized spacial score (nSPS) is 49.2. The molecule has 12 heavy (non-hydrogen) atoms. The van der Waals surface area contributed by atoms with Gasteiger partial charge in [-0.25, -0.2) is 0 Å². The van der Waals surface area contributed by atoms with Crippen LogP contribution in [0.1, 0.15) is 6.92 Å². The van der Waals surface area contributed by atoms with Gasteiger partial charge in [-0.1, -0.05) is 0 Å². The van der Waals surface area contributed by atoms with Gasteiger partial charge in [0.2, 0.25) is 0 Å². The molecule has 5 heteroatoms. The molecule has 1 rings (SSSR count). The second-order valence-electron chi connectivity index (χ2n) is 2.92. The van der Waals surface area contributed by atoms with Crippen LogP contribution >= 0.6 is 0 Å². The third-order valence-corrected chi connectivity index (χ3v) is 2.04. The molecule has 0 saturated carbocycles. The van der Waals surface area contributed by atoms with E-state index in [0.29, 0.717) is 0 Å². The standard InChI is InChI=1S/C7H14O5/c1-3-4(8)5(9)6(10)7(11-2)12-3/h3-10H,1-2H3/t3-,4-,5?,6+,7-/m0/s1. The van der Waals surface area contributed by atoms with Crippen molar-refractivity contribution >= 4 is 0 Å². The van der Waals surface area contributed by atoms with Crippen LogP contribution in [-0.2, 0) is 9.47 Å². The largest absolute Gasteiger partial charge is 0.388 e. The minimum Gasteiger partial charge on any atom is -0.388 e. The lowest BCUT2D eigenvalue weighted by atomic mass is 10.0. The minimum atomic E-state index is -1.21. The predicted molar refractivity (Wildman–Crippen MR) is 39.4 cm³/mol. The summed E-state index contributed by atoms with van der Waals surface area (Å²) >= 11 is 0. The number of ether oxygens (including phenoxy) is 2. The van der Waals surface area contributed by atoms with Crippen LogP contribution in [0.5, 0.6) is 0 Å². The lowest BCUT2D eigenvalue weighted by Crippen LogP contribution is -2.57. The van der Waals surface area contributed by atoms with Crippen molar-refractivity contribution in [3.8, 4) is 0 Å². The van der Waals surface area contributed by atoms with Crippen LogP contribution in [-0.4, -0.2) is 53.1 Å². The second kappa shape index (κ2) is 3.68. The van der Waals surface area contributed by atoms with E-state index >= 15 is 0 Å². The molecule has 0 aromatic carbocycles. The molecule has 0 radical (unpaired) electrons. The Kier molecular flexibility index (Phi) is 3.03. The first-order valence-electron chi connectivity index (χ1n) is 3.80. The summed E-state index contributed by atoms with van der Waals surface area (Å²) in [4.78, 5) is 0. The number of hydrogen-bond donors (Lipinski definition) is 3. The summed E-state index contributed by atoms with van der Waals surface area (Å²) in [6.45, 7) is 1.60. The molecule has 3 N–H and O–H groups in total. The molecule has 0 bridgehead atoms. The van der Waals surface area contributed by atoms with Gasteiger partial charge in [-0.15, -0.1) is 0 Å². The third kappa shape index (κ3) is 1.60. The van der Waals surface area contributed by atoms with Crippen LogP contribution in [0.2, 0.25) is 0 Å².